The Kier molecular flexibility index (Phi) is 16.2. The smallest absolute Gasteiger partial charge is 0.261 e. The van der Waals surface area contributed by atoms with E-state index in [0.29, 0.717) is 59.6 Å². The molecule has 0 radical (unpaired) electrons. The third kappa shape index (κ3) is 12.4. The van der Waals surface area contributed by atoms with Gasteiger partial charge in [0.25, 0.3) is 11.1 Å². The first-order valence-electron chi connectivity index (χ1n) is 21.7. The number of likely N-dealkylation sites (tertiary alicyclic amines) is 2. The van der Waals surface area contributed by atoms with E-state index >= 15 is 0 Å². The summed E-state index contributed by atoms with van der Waals surface area (Å²) in [6.07, 6.45) is 5.91. The minimum Gasteiger partial charge on any atom is -0.493 e. The molecule has 4 heterocycles. The van der Waals surface area contributed by atoms with Crippen LogP contribution in [0.15, 0.2) is 33.9 Å². The van der Waals surface area contributed by atoms with Crippen LogP contribution in [0.1, 0.15) is 75.9 Å². The second-order valence-electron chi connectivity index (χ2n) is 17.4. The van der Waals surface area contributed by atoms with Gasteiger partial charge in [-0.2, -0.15) is 23.5 Å². The van der Waals surface area contributed by atoms with Gasteiger partial charge in [-0.3, -0.25) is 9.59 Å². The van der Waals surface area contributed by atoms with Gasteiger partial charge in [-0.25, -0.2) is 27.5 Å². The summed E-state index contributed by atoms with van der Waals surface area (Å²) in [6, 6.07) is 5.45. The number of ether oxygens (including phenoxy) is 2. The summed E-state index contributed by atoms with van der Waals surface area (Å²) in [7, 11) is 3.78. The SMILES string of the molecule is CN1CC[C@@H](COc2cc(F)c3c(=O)[nH]c(CSC4CCC(O)CC4)nc3c2)[C@H](F)C1.CN1CC[C@H](COc2cc(F)c3c(=O)[nH]c(CSC4CCC(O)CC4)nc3c2)[C@@H](F)C1. The highest BCUT2D eigenvalue weighted by molar-refractivity contribution is 7.99. The molecule has 8 rings (SSSR count). The lowest BCUT2D eigenvalue weighted by atomic mass is 9.96. The lowest BCUT2D eigenvalue weighted by molar-refractivity contribution is 0.0693. The number of thioether (sulfide) groups is 2. The Morgan fingerprint density at radius 1 is 0.645 bits per heavy atom. The van der Waals surface area contributed by atoms with E-state index in [0.717, 1.165) is 64.5 Å². The van der Waals surface area contributed by atoms with Gasteiger partial charge in [0.15, 0.2) is 0 Å². The van der Waals surface area contributed by atoms with Crippen LogP contribution in [0.2, 0.25) is 0 Å². The van der Waals surface area contributed by atoms with Crippen molar-refractivity contribution in [3.05, 3.63) is 68.3 Å². The fraction of sp³-hybridized carbons (Fsp3) is 0.636. The van der Waals surface area contributed by atoms with Crippen LogP contribution in [-0.2, 0) is 11.5 Å². The molecule has 4 fully saturated rings. The van der Waals surface area contributed by atoms with Gasteiger partial charge < -0.3 is 39.5 Å². The van der Waals surface area contributed by atoms with E-state index in [1.807, 2.05) is 23.9 Å². The van der Waals surface area contributed by atoms with Crippen molar-refractivity contribution < 1.29 is 37.2 Å². The fourth-order valence-electron chi connectivity index (χ4n) is 8.61. The second-order valence-corrected chi connectivity index (χ2v) is 20.0. The highest BCUT2D eigenvalue weighted by atomic mass is 32.2. The number of hydrogen-bond acceptors (Lipinski definition) is 12. The molecule has 4 N–H and O–H groups in total. The van der Waals surface area contributed by atoms with Gasteiger partial charge in [0.2, 0.25) is 0 Å². The number of nitrogens with zero attached hydrogens (tertiary/aromatic N) is 4. The van der Waals surface area contributed by atoms with Crippen LogP contribution in [0, 0.1) is 23.5 Å². The Hall–Kier alpha value is -3.42. The standard InChI is InChI=1S/2C22H29F2N3O3S/c2*1-27-7-6-13(18(24)10-27)11-30-15-8-17(23)21-19(9-15)25-20(26-22(21)29)12-31-16-4-2-14(28)3-5-16/h2*8-9,13-14,16,18,28H,2-7,10-12H2,1H3,(H,25,26,29)/t2*13-,14?,16?,18+/m10/s1. The molecule has 0 amide bonds. The Balaban J connectivity index is 0.000000186. The third-order valence-electron chi connectivity index (χ3n) is 12.5. The van der Waals surface area contributed by atoms with Crippen molar-refractivity contribution in [1.82, 2.24) is 29.7 Å². The number of H-pyrrole nitrogens is 2. The molecule has 0 bridgehead atoms. The number of halogens is 4. The van der Waals surface area contributed by atoms with Crippen LogP contribution in [0.5, 0.6) is 11.5 Å². The van der Waals surface area contributed by atoms with Gasteiger partial charge in [0, 0.05) is 59.7 Å². The van der Waals surface area contributed by atoms with Crippen LogP contribution in [0.25, 0.3) is 21.8 Å². The number of nitrogens with one attached hydrogen (secondary N) is 2. The van der Waals surface area contributed by atoms with Crippen molar-refractivity contribution in [2.24, 2.45) is 11.8 Å². The number of hydrogen-bond donors (Lipinski definition) is 4. The molecule has 18 heteroatoms. The maximum Gasteiger partial charge on any atom is 0.261 e. The summed E-state index contributed by atoms with van der Waals surface area (Å²) >= 11 is 3.39. The molecule has 4 aromatic rings. The average molecular weight is 907 g/mol. The highest BCUT2D eigenvalue weighted by Crippen LogP contribution is 2.33. The van der Waals surface area contributed by atoms with Crippen LogP contribution >= 0.6 is 23.5 Å². The van der Waals surface area contributed by atoms with Crippen molar-refractivity contribution in [2.45, 2.75) is 111 Å². The molecule has 2 aromatic heterocycles. The minimum absolute atomic E-state index is 0.0930. The van der Waals surface area contributed by atoms with Crippen molar-refractivity contribution in [1.29, 1.82) is 0 Å². The Labute approximate surface area is 366 Å². The lowest BCUT2D eigenvalue weighted by Crippen LogP contribution is -2.41. The maximum atomic E-state index is 14.6. The van der Waals surface area contributed by atoms with E-state index in [1.165, 1.54) is 12.1 Å². The molecular weight excluding hydrogens is 849 g/mol. The zero-order chi connectivity index (χ0) is 43.9. The number of fused-ring (bicyclic) bond motifs is 2. The zero-order valence-corrected chi connectivity index (χ0v) is 36.9. The summed E-state index contributed by atoms with van der Waals surface area (Å²) in [6.45, 7) is 2.69. The molecule has 2 saturated heterocycles. The van der Waals surface area contributed by atoms with E-state index < -0.39 is 35.1 Å². The first-order chi connectivity index (χ1) is 29.8. The molecule has 4 atom stereocenters. The van der Waals surface area contributed by atoms with Crippen LogP contribution < -0.4 is 20.6 Å². The van der Waals surface area contributed by atoms with Gasteiger partial charge in [-0.1, -0.05) is 0 Å². The van der Waals surface area contributed by atoms with Gasteiger partial charge in [-0.05, 0) is 91.4 Å². The zero-order valence-electron chi connectivity index (χ0n) is 35.3. The number of aromatic nitrogens is 4. The van der Waals surface area contributed by atoms with Crippen LogP contribution in [0.3, 0.4) is 0 Å². The van der Waals surface area contributed by atoms with Crippen molar-refractivity contribution in [2.75, 3.05) is 53.5 Å². The monoisotopic (exact) mass is 906 g/mol. The van der Waals surface area contributed by atoms with Gasteiger partial charge in [0.05, 0.1) is 48.0 Å². The topological polar surface area (TPSA) is 157 Å². The second kappa shape index (κ2) is 21.5. The molecular formula is C44H58F4N6O6S2. The summed E-state index contributed by atoms with van der Waals surface area (Å²) < 4.78 is 69.1. The first kappa shape index (κ1) is 46.6. The molecule has 2 aliphatic heterocycles. The molecule has 2 saturated carbocycles. The number of aliphatic hydroxyl groups is 2. The quantitative estimate of drug-likeness (QED) is 0.114. The molecule has 0 spiro atoms. The minimum atomic E-state index is -0.977. The van der Waals surface area contributed by atoms with Gasteiger partial charge >= 0.3 is 0 Å². The summed E-state index contributed by atoms with van der Waals surface area (Å²) in [4.78, 5) is 43.0. The normalized spacial score (nSPS) is 27.5. The molecule has 12 nitrogen and oxygen atoms in total. The molecule has 62 heavy (non-hydrogen) atoms. The Morgan fingerprint density at radius 3 is 1.40 bits per heavy atom. The van der Waals surface area contributed by atoms with E-state index in [2.05, 4.69) is 19.9 Å². The number of aromatic amines is 2. The number of rotatable bonds is 12. The van der Waals surface area contributed by atoms with Crippen LogP contribution in [-0.4, -0.2) is 128 Å². The number of piperidine rings is 2. The molecule has 340 valence electrons. The average Bonchev–Trinajstić information content (AvgIpc) is 3.22. The van der Waals surface area contributed by atoms with Crippen molar-refractivity contribution in [3.63, 3.8) is 0 Å². The van der Waals surface area contributed by atoms with E-state index in [4.69, 9.17) is 9.47 Å². The van der Waals surface area contributed by atoms with Gasteiger partial charge in [0.1, 0.15) is 57.9 Å². The van der Waals surface area contributed by atoms with Crippen molar-refractivity contribution >= 4 is 45.3 Å². The summed E-state index contributed by atoms with van der Waals surface area (Å²) in [5.74, 6) is 0.668. The maximum absolute atomic E-state index is 14.6. The summed E-state index contributed by atoms with van der Waals surface area (Å²) in [5, 5.41) is 19.9. The highest BCUT2D eigenvalue weighted by Gasteiger charge is 2.30. The molecule has 0 unspecified atom stereocenters. The van der Waals surface area contributed by atoms with E-state index in [1.54, 1.807) is 35.7 Å². The lowest BCUT2D eigenvalue weighted by Gasteiger charge is -2.32. The predicted molar refractivity (Wildman–Crippen MR) is 236 cm³/mol. The first-order valence-corrected chi connectivity index (χ1v) is 23.8. The van der Waals surface area contributed by atoms with E-state index in [9.17, 15) is 37.4 Å². The van der Waals surface area contributed by atoms with Crippen molar-refractivity contribution in [3.8, 4) is 11.5 Å². The molecule has 2 aliphatic carbocycles. The predicted octanol–water partition coefficient (Wildman–Crippen LogP) is 6.54. The molecule has 2 aromatic carbocycles. The third-order valence-corrected chi connectivity index (χ3v) is 15.2. The number of benzene rings is 2. The number of aliphatic hydroxyl groups excluding tert-OH is 2. The fourth-order valence-corrected chi connectivity index (χ4v) is 10.9. The number of alkyl halides is 2. The van der Waals surface area contributed by atoms with Gasteiger partial charge in [-0.15, -0.1) is 0 Å². The largest absolute Gasteiger partial charge is 0.493 e. The Morgan fingerprint density at radius 2 is 1.03 bits per heavy atom. The Bertz CT molecular complexity index is 2090. The summed E-state index contributed by atoms with van der Waals surface area (Å²) in [5.41, 5.74) is -0.534. The molecule has 4 aliphatic rings. The van der Waals surface area contributed by atoms with E-state index in [-0.39, 0.29) is 70.6 Å². The van der Waals surface area contributed by atoms with Crippen LogP contribution in [0.4, 0.5) is 17.6 Å².